The molecular formula is C20H25N5O. The van der Waals surface area contributed by atoms with Gasteiger partial charge in [0.25, 0.3) is 0 Å². The van der Waals surface area contributed by atoms with Crippen LogP contribution in [-0.4, -0.2) is 39.7 Å². The number of fused-ring (bicyclic) bond motifs is 8. The summed E-state index contributed by atoms with van der Waals surface area (Å²) in [5.41, 5.74) is 11.5. The SMILES string of the molecule is NC(=O)C1c2ccc([nH]2)Cc2ccc([nH]2)CC2=NC(CC2)C2CCC1N2. The molecule has 5 N–H and O–H groups in total. The molecule has 1 saturated heterocycles. The van der Waals surface area contributed by atoms with Crippen molar-refractivity contribution in [3.63, 3.8) is 0 Å². The lowest BCUT2D eigenvalue weighted by Gasteiger charge is -2.23. The molecule has 1 amide bonds. The molecule has 4 unspecified atom stereocenters. The van der Waals surface area contributed by atoms with Gasteiger partial charge in [-0.15, -0.1) is 0 Å². The van der Waals surface area contributed by atoms with Crippen LogP contribution in [-0.2, 0) is 17.6 Å². The molecule has 26 heavy (non-hydrogen) atoms. The summed E-state index contributed by atoms with van der Waals surface area (Å²) < 4.78 is 0. The fourth-order valence-electron chi connectivity index (χ4n) is 4.90. The number of aliphatic imine (C=N–C) groups is 1. The Labute approximate surface area is 152 Å². The van der Waals surface area contributed by atoms with Crippen molar-refractivity contribution in [3.05, 3.63) is 47.0 Å². The summed E-state index contributed by atoms with van der Waals surface area (Å²) in [6.07, 6.45) is 5.88. The quantitative estimate of drug-likeness (QED) is 0.630. The molecular weight excluding hydrogens is 326 g/mol. The minimum atomic E-state index is -0.317. The number of H-pyrrole nitrogens is 2. The molecule has 0 saturated carbocycles. The third kappa shape index (κ3) is 2.78. The average molecular weight is 351 g/mol. The van der Waals surface area contributed by atoms with E-state index < -0.39 is 0 Å². The molecule has 0 aliphatic carbocycles. The number of hydrogen-bond donors (Lipinski definition) is 4. The molecule has 1 fully saturated rings. The van der Waals surface area contributed by atoms with E-state index >= 15 is 0 Å². The summed E-state index contributed by atoms with van der Waals surface area (Å²) in [6, 6.07) is 9.15. The Kier molecular flexibility index (Phi) is 3.74. The first-order valence-corrected chi connectivity index (χ1v) is 9.61. The summed E-state index contributed by atoms with van der Waals surface area (Å²) in [5.74, 6) is -0.582. The molecule has 5 heterocycles. The predicted molar refractivity (Wildman–Crippen MR) is 100 cm³/mol. The molecule has 0 spiro atoms. The number of primary amides is 1. The van der Waals surface area contributed by atoms with E-state index in [1.54, 1.807) is 0 Å². The Balaban J connectivity index is 1.53. The standard InChI is InChI=1S/C20H25N5O/c21-20(26)19-17-6-4-14(24-17)10-12-2-1-11(22-12)9-13-3-5-15(23-13)16-7-8-18(19)25-16/h1-2,4,6,15-16,18-19,22,24-25H,3,5,7-10H2,(H2,21,26). The highest BCUT2D eigenvalue weighted by molar-refractivity contribution is 5.88. The number of aromatic nitrogens is 2. The lowest BCUT2D eigenvalue weighted by atomic mass is 9.94. The second-order valence-electron chi connectivity index (χ2n) is 7.94. The Bertz CT molecular complexity index is 863. The van der Waals surface area contributed by atoms with Gasteiger partial charge in [0.15, 0.2) is 0 Å². The van der Waals surface area contributed by atoms with Gasteiger partial charge < -0.3 is 21.0 Å². The van der Waals surface area contributed by atoms with Crippen LogP contribution in [0, 0.1) is 0 Å². The maximum atomic E-state index is 12.2. The van der Waals surface area contributed by atoms with Crippen LogP contribution in [0.2, 0.25) is 0 Å². The number of aromatic amines is 2. The third-order valence-electron chi connectivity index (χ3n) is 6.15. The van der Waals surface area contributed by atoms with Gasteiger partial charge >= 0.3 is 0 Å². The number of amides is 1. The van der Waals surface area contributed by atoms with Gasteiger partial charge in [0.1, 0.15) is 0 Å². The minimum Gasteiger partial charge on any atom is -0.369 e. The molecule has 3 aliphatic heterocycles. The highest BCUT2D eigenvalue weighted by Gasteiger charge is 2.39. The fourth-order valence-corrected chi connectivity index (χ4v) is 4.90. The lowest BCUT2D eigenvalue weighted by molar-refractivity contribution is -0.120. The van der Waals surface area contributed by atoms with Crippen LogP contribution >= 0.6 is 0 Å². The maximum Gasteiger partial charge on any atom is 0.228 e. The molecule has 136 valence electrons. The molecule has 2 aromatic rings. The van der Waals surface area contributed by atoms with Crippen molar-refractivity contribution in [2.45, 2.75) is 62.6 Å². The van der Waals surface area contributed by atoms with Gasteiger partial charge in [-0.1, -0.05) is 0 Å². The van der Waals surface area contributed by atoms with E-state index in [1.807, 2.05) is 6.07 Å². The smallest absolute Gasteiger partial charge is 0.228 e. The van der Waals surface area contributed by atoms with E-state index in [0.29, 0.717) is 12.1 Å². The van der Waals surface area contributed by atoms with Crippen molar-refractivity contribution in [1.82, 2.24) is 15.3 Å². The zero-order valence-corrected chi connectivity index (χ0v) is 14.8. The van der Waals surface area contributed by atoms with E-state index in [9.17, 15) is 4.79 Å². The van der Waals surface area contributed by atoms with Crippen LogP contribution in [0.3, 0.4) is 0 Å². The molecule has 0 radical (unpaired) electrons. The van der Waals surface area contributed by atoms with Gasteiger partial charge in [0.05, 0.1) is 12.0 Å². The van der Waals surface area contributed by atoms with Gasteiger partial charge in [-0.3, -0.25) is 9.79 Å². The summed E-state index contributed by atoms with van der Waals surface area (Å²) in [5, 5.41) is 3.68. The van der Waals surface area contributed by atoms with Crippen molar-refractivity contribution in [2.24, 2.45) is 10.7 Å². The normalized spacial score (nSPS) is 30.5. The largest absolute Gasteiger partial charge is 0.369 e. The zero-order chi connectivity index (χ0) is 17.7. The second-order valence-corrected chi connectivity index (χ2v) is 7.94. The molecule has 5 rings (SSSR count). The maximum absolute atomic E-state index is 12.2. The second kappa shape index (κ2) is 6.13. The fraction of sp³-hybridized carbons (Fsp3) is 0.500. The third-order valence-corrected chi connectivity index (χ3v) is 6.15. The topological polar surface area (TPSA) is 99.1 Å². The van der Waals surface area contributed by atoms with Crippen molar-refractivity contribution in [2.75, 3.05) is 0 Å². The number of hydrogen-bond acceptors (Lipinski definition) is 3. The highest BCUT2D eigenvalue weighted by atomic mass is 16.1. The van der Waals surface area contributed by atoms with Crippen molar-refractivity contribution < 1.29 is 4.79 Å². The van der Waals surface area contributed by atoms with Crippen LogP contribution in [0.4, 0.5) is 0 Å². The molecule has 6 nitrogen and oxygen atoms in total. The first kappa shape index (κ1) is 15.9. The molecule has 6 heteroatoms. The number of nitrogens with two attached hydrogens (primary N) is 1. The van der Waals surface area contributed by atoms with Crippen LogP contribution in [0.25, 0.3) is 0 Å². The Morgan fingerprint density at radius 3 is 2.54 bits per heavy atom. The minimum absolute atomic E-state index is 0.0879. The Hall–Kier alpha value is -2.34. The number of carbonyl (C=O) groups is 1. The predicted octanol–water partition coefficient (Wildman–Crippen LogP) is 1.78. The van der Waals surface area contributed by atoms with Gasteiger partial charge in [-0.25, -0.2) is 0 Å². The van der Waals surface area contributed by atoms with Crippen LogP contribution in [0.15, 0.2) is 29.3 Å². The zero-order valence-electron chi connectivity index (χ0n) is 14.8. The van der Waals surface area contributed by atoms with E-state index in [1.165, 1.54) is 17.1 Å². The van der Waals surface area contributed by atoms with E-state index in [-0.39, 0.29) is 17.9 Å². The first-order chi connectivity index (χ1) is 12.7. The molecule has 2 aromatic heterocycles. The molecule has 0 aromatic carbocycles. The molecule has 4 atom stereocenters. The van der Waals surface area contributed by atoms with E-state index in [2.05, 4.69) is 33.5 Å². The van der Waals surface area contributed by atoms with Gasteiger partial charge in [0, 0.05) is 53.4 Å². The summed E-state index contributed by atoms with van der Waals surface area (Å²) >= 11 is 0. The molecule has 8 bridgehead atoms. The highest BCUT2D eigenvalue weighted by Crippen LogP contribution is 2.32. The van der Waals surface area contributed by atoms with Crippen molar-refractivity contribution in [1.29, 1.82) is 0 Å². The monoisotopic (exact) mass is 351 g/mol. The Morgan fingerprint density at radius 1 is 0.962 bits per heavy atom. The van der Waals surface area contributed by atoms with Crippen molar-refractivity contribution >= 4 is 11.6 Å². The summed E-state index contributed by atoms with van der Waals surface area (Å²) in [4.78, 5) is 24.2. The van der Waals surface area contributed by atoms with E-state index in [0.717, 1.165) is 49.9 Å². The number of nitrogens with zero attached hydrogens (tertiary/aromatic N) is 1. The van der Waals surface area contributed by atoms with E-state index in [4.69, 9.17) is 10.7 Å². The first-order valence-electron chi connectivity index (χ1n) is 9.61. The van der Waals surface area contributed by atoms with Crippen molar-refractivity contribution in [3.8, 4) is 0 Å². The summed E-state index contributed by atoms with van der Waals surface area (Å²) in [7, 11) is 0. The van der Waals surface area contributed by atoms with Gasteiger partial charge in [0.2, 0.25) is 5.91 Å². The van der Waals surface area contributed by atoms with Crippen LogP contribution in [0.1, 0.15) is 54.4 Å². The summed E-state index contributed by atoms with van der Waals surface area (Å²) in [6.45, 7) is 0. The number of nitrogens with one attached hydrogen (secondary N) is 3. The number of rotatable bonds is 1. The number of carbonyl (C=O) groups excluding carboxylic acids is 1. The lowest BCUT2D eigenvalue weighted by Crippen LogP contribution is -2.43. The Morgan fingerprint density at radius 2 is 1.69 bits per heavy atom. The van der Waals surface area contributed by atoms with Gasteiger partial charge in [-0.2, -0.15) is 0 Å². The van der Waals surface area contributed by atoms with Gasteiger partial charge in [-0.05, 0) is 49.9 Å². The van der Waals surface area contributed by atoms with Crippen LogP contribution in [0.5, 0.6) is 0 Å². The molecule has 3 aliphatic rings. The average Bonchev–Trinajstić information content (AvgIpc) is 3.36. The van der Waals surface area contributed by atoms with Crippen LogP contribution < -0.4 is 11.1 Å².